The van der Waals surface area contributed by atoms with Crippen LogP contribution in [0.3, 0.4) is 0 Å². The highest BCUT2D eigenvalue weighted by atomic mass is 16.5. The molecule has 0 spiro atoms. The Kier molecular flexibility index (Phi) is 6.38. The molecule has 2 saturated heterocycles. The summed E-state index contributed by atoms with van der Waals surface area (Å²) < 4.78 is 5.63. The molecule has 0 radical (unpaired) electrons. The van der Waals surface area contributed by atoms with Crippen LogP contribution in [0.4, 0.5) is 4.79 Å². The van der Waals surface area contributed by atoms with Crippen molar-refractivity contribution in [2.45, 2.75) is 25.8 Å². The average molecular weight is 389 g/mol. The lowest BCUT2D eigenvalue weighted by Gasteiger charge is -2.35. The fourth-order valence-corrected chi connectivity index (χ4v) is 3.84. The first-order valence-corrected chi connectivity index (χ1v) is 9.66. The van der Waals surface area contributed by atoms with Crippen LogP contribution < -0.4 is 10.1 Å². The first-order chi connectivity index (χ1) is 13.4. The topological polar surface area (TPSA) is 99.2 Å². The maximum absolute atomic E-state index is 12.5. The van der Waals surface area contributed by atoms with E-state index in [-0.39, 0.29) is 36.9 Å². The number of rotatable bonds is 6. The molecule has 1 aromatic carbocycles. The van der Waals surface area contributed by atoms with Gasteiger partial charge in [-0.1, -0.05) is 25.1 Å². The summed E-state index contributed by atoms with van der Waals surface area (Å²) in [5.74, 6) is -0.530. The van der Waals surface area contributed by atoms with E-state index in [9.17, 15) is 19.5 Å². The smallest absolute Gasteiger partial charge is 0.317 e. The number of urea groups is 1. The van der Waals surface area contributed by atoms with E-state index >= 15 is 0 Å². The van der Waals surface area contributed by atoms with Gasteiger partial charge < -0.3 is 25.0 Å². The largest absolute Gasteiger partial charge is 0.492 e. The summed E-state index contributed by atoms with van der Waals surface area (Å²) in [5.41, 5.74) is 0. The Morgan fingerprint density at radius 3 is 2.68 bits per heavy atom. The van der Waals surface area contributed by atoms with E-state index in [0.717, 1.165) is 5.75 Å². The number of carboxylic acid groups (broad SMARTS) is 1. The molecule has 152 valence electrons. The van der Waals surface area contributed by atoms with Gasteiger partial charge in [0.1, 0.15) is 12.4 Å². The standard InChI is InChI=1S/C20H27N3O5/c1-14-9-15(19(25)26)12-23(11-14)20(27)21-16-10-18(24)22(13-16)7-8-28-17-5-3-2-4-6-17/h2-6,14-16H,7-13H2,1H3,(H,21,27)(H,25,26). The van der Waals surface area contributed by atoms with E-state index in [2.05, 4.69) is 5.32 Å². The van der Waals surface area contributed by atoms with Gasteiger partial charge in [0.05, 0.1) is 18.5 Å². The van der Waals surface area contributed by atoms with E-state index in [4.69, 9.17) is 4.74 Å². The zero-order valence-electron chi connectivity index (χ0n) is 16.0. The van der Waals surface area contributed by atoms with Crippen molar-refractivity contribution in [2.75, 3.05) is 32.8 Å². The number of nitrogens with zero attached hydrogens (tertiary/aromatic N) is 2. The van der Waals surface area contributed by atoms with Gasteiger partial charge >= 0.3 is 12.0 Å². The third-order valence-corrected chi connectivity index (χ3v) is 5.21. The number of benzene rings is 1. The summed E-state index contributed by atoms with van der Waals surface area (Å²) in [4.78, 5) is 39.3. The highest BCUT2D eigenvalue weighted by molar-refractivity contribution is 5.82. The van der Waals surface area contributed by atoms with E-state index < -0.39 is 11.9 Å². The minimum Gasteiger partial charge on any atom is -0.492 e. The van der Waals surface area contributed by atoms with Gasteiger partial charge in [-0.05, 0) is 24.5 Å². The second kappa shape index (κ2) is 8.95. The van der Waals surface area contributed by atoms with E-state index in [0.29, 0.717) is 32.7 Å². The highest BCUT2D eigenvalue weighted by Crippen LogP contribution is 2.22. The molecule has 0 aliphatic carbocycles. The Hall–Kier alpha value is -2.77. The van der Waals surface area contributed by atoms with Gasteiger partial charge in [0.15, 0.2) is 0 Å². The van der Waals surface area contributed by atoms with Gasteiger partial charge in [0.2, 0.25) is 5.91 Å². The Labute approximate surface area is 164 Å². The van der Waals surface area contributed by atoms with Gasteiger partial charge in [-0.25, -0.2) is 4.79 Å². The Morgan fingerprint density at radius 2 is 1.96 bits per heavy atom. The summed E-state index contributed by atoms with van der Waals surface area (Å²) >= 11 is 0. The van der Waals surface area contributed by atoms with Crippen LogP contribution in [-0.2, 0) is 9.59 Å². The summed E-state index contributed by atoms with van der Waals surface area (Å²) in [6.07, 6.45) is 0.832. The third-order valence-electron chi connectivity index (χ3n) is 5.21. The zero-order valence-corrected chi connectivity index (χ0v) is 16.0. The van der Waals surface area contributed by atoms with Crippen molar-refractivity contribution in [1.29, 1.82) is 0 Å². The van der Waals surface area contributed by atoms with Crippen molar-refractivity contribution < 1.29 is 24.2 Å². The predicted molar refractivity (Wildman–Crippen MR) is 102 cm³/mol. The number of aliphatic carboxylic acids is 1. The summed E-state index contributed by atoms with van der Waals surface area (Å²) in [6.45, 7) is 3.98. The van der Waals surface area contributed by atoms with Gasteiger partial charge in [-0.15, -0.1) is 0 Å². The number of hydrogen-bond donors (Lipinski definition) is 2. The molecule has 8 heteroatoms. The van der Waals surface area contributed by atoms with E-state index in [1.165, 1.54) is 0 Å². The average Bonchev–Trinajstić information content (AvgIpc) is 3.01. The number of hydrogen-bond acceptors (Lipinski definition) is 4. The first kappa shape index (κ1) is 20.0. The maximum atomic E-state index is 12.5. The number of likely N-dealkylation sites (tertiary alicyclic amines) is 2. The van der Waals surface area contributed by atoms with Crippen molar-refractivity contribution in [3.8, 4) is 5.75 Å². The van der Waals surface area contributed by atoms with Crippen LogP contribution in [0.25, 0.3) is 0 Å². The number of para-hydroxylation sites is 1. The van der Waals surface area contributed by atoms with Crippen molar-refractivity contribution in [3.63, 3.8) is 0 Å². The number of carbonyl (C=O) groups is 3. The molecule has 3 atom stereocenters. The maximum Gasteiger partial charge on any atom is 0.317 e. The van der Waals surface area contributed by atoms with Crippen molar-refractivity contribution >= 4 is 17.9 Å². The van der Waals surface area contributed by atoms with E-state index in [1.807, 2.05) is 37.3 Å². The number of ether oxygens (including phenoxy) is 1. The molecule has 2 fully saturated rings. The number of piperidine rings is 1. The summed E-state index contributed by atoms with van der Waals surface area (Å²) in [7, 11) is 0. The number of amides is 3. The lowest BCUT2D eigenvalue weighted by atomic mass is 9.91. The van der Waals surface area contributed by atoms with Gasteiger partial charge in [0, 0.05) is 26.1 Å². The normalized spacial score (nSPS) is 24.9. The number of nitrogens with one attached hydrogen (secondary N) is 1. The SMILES string of the molecule is CC1CC(C(=O)O)CN(C(=O)NC2CC(=O)N(CCOc3ccccc3)C2)C1. The van der Waals surface area contributed by atoms with Crippen molar-refractivity contribution in [2.24, 2.45) is 11.8 Å². The van der Waals surface area contributed by atoms with Crippen LogP contribution in [0, 0.1) is 11.8 Å². The molecule has 3 amide bonds. The van der Waals surface area contributed by atoms with Crippen molar-refractivity contribution in [1.82, 2.24) is 15.1 Å². The van der Waals surface area contributed by atoms with Gasteiger partial charge in [-0.2, -0.15) is 0 Å². The molecule has 2 aliphatic heterocycles. The Morgan fingerprint density at radius 1 is 1.21 bits per heavy atom. The highest BCUT2D eigenvalue weighted by Gasteiger charge is 2.35. The Bertz CT molecular complexity index is 711. The van der Waals surface area contributed by atoms with Gasteiger partial charge in [-0.3, -0.25) is 9.59 Å². The molecule has 2 N–H and O–H groups in total. The zero-order chi connectivity index (χ0) is 20.1. The van der Waals surface area contributed by atoms with Crippen LogP contribution in [-0.4, -0.2) is 71.6 Å². The molecule has 3 rings (SSSR count). The van der Waals surface area contributed by atoms with Crippen LogP contribution >= 0.6 is 0 Å². The number of carboxylic acids is 1. The summed E-state index contributed by atoms with van der Waals surface area (Å²) in [6, 6.07) is 8.84. The van der Waals surface area contributed by atoms with Gasteiger partial charge in [0.25, 0.3) is 0 Å². The second-order valence-electron chi connectivity index (χ2n) is 7.63. The van der Waals surface area contributed by atoms with Crippen LogP contribution in [0.1, 0.15) is 19.8 Å². The Balaban J connectivity index is 1.45. The molecule has 2 heterocycles. The molecule has 0 saturated carbocycles. The fraction of sp³-hybridized carbons (Fsp3) is 0.550. The van der Waals surface area contributed by atoms with Crippen LogP contribution in [0.15, 0.2) is 30.3 Å². The van der Waals surface area contributed by atoms with Crippen LogP contribution in [0.2, 0.25) is 0 Å². The molecule has 2 aliphatic rings. The second-order valence-corrected chi connectivity index (χ2v) is 7.63. The molecule has 8 nitrogen and oxygen atoms in total. The molecule has 3 unspecified atom stereocenters. The summed E-state index contributed by atoms with van der Waals surface area (Å²) in [5, 5.41) is 12.1. The minimum atomic E-state index is -0.870. The molecule has 1 aromatic rings. The molecular weight excluding hydrogens is 362 g/mol. The van der Waals surface area contributed by atoms with Crippen LogP contribution in [0.5, 0.6) is 5.75 Å². The number of carbonyl (C=O) groups excluding carboxylic acids is 2. The predicted octanol–water partition coefficient (Wildman–Crippen LogP) is 1.42. The monoisotopic (exact) mass is 389 g/mol. The molecular formula is C20H27N3O5. The first-order valence-electron chi connectivity index (χ1n) is 9.66. The lowest BCUT2D eigenvalue weighted by molar-refractivity contribution is -0.143. The van der Waals surface area contributed by atoms with E-state index in [1.54, 1.807) is 9.80 Å². The lowest BCUT2D eigenvalue weighted by Crippen LogP contribution is -2.52. The minimum absolute atomic E-state index is 0.0163. The third kappa shape index (κ3) is 5.15. The van der Waals surface area contributed by atoms with Crippen molar-refractivity contribution in [3.05, 3.63) is 30.3 Å². The molecule has 0 bridgehead atoms. The molecule has 0 aromatic heterocycles. The quantitative estimate of drug-likeness (QED) is 0.767. The fourth-order valence-electron chi connectivity index (χ4n) is 3.84. The molecule has 28 heavy (non-hydrogen) atoms.